The lowest BCUT2D eigenvalue weighted by atomic mass is 9.88. The molecule has 3 nitrogen and oxygen atoms in total. The van der Waals surface area contributed by atoms with Crippen molar-refractivity contribution in [3.8, 4) is 0 Å². The molecule has 1 aliphatic heterocycles. The Balaban J connectivity index is 2.48. The van der Waals surface area contributed by atoms with E-state index in [0.717, 1.165) is 32.2 Å². The molecule has 1 heterocycles. The van der Waals surface area contributed by atoms with Gasteiger partial charge >= 0.3 is 0 Å². The van der Waals surface area contributed by atoms with Crippen LogP contribution < -0.4 is 11.1 Å². The lowest BCUT2D eigenvalue weighted by Gasteiger charge is -2.30. The van der Waals surface area contributed by atoms with Gasteiger partial charge in [0.2, 0.25) is 5.91 Å². The number of amides is 1. The van der Waals surface area contributed by atoms with Crippen LogP contribution in [0, 0.1) is 5.92 Å². The van der Waals surface area contributed by atoms with E-state index in [4.69, 9.17) is 5.73 Å². The number of carbonyl (C=O) groups excluding carboxylic acids is 1. The van der Waals surface area contributed by atoms with Crippen molar-refractivity contribution in [1.29, 1.82) is 0 Å². The summed E-state index contributed by atoms with van der Waals surface area (Å²) in [6, 6.07) is 0.334. The fraction of sp³-hybridized carbons (Fsp3) is 0.889. The quantitative estimate of drug-likeness (QED) is 0.653. The van der Waals surface area contributed by atoms with Crippen molar-refractivity contribution in [2.45, 2.75) is 38.6 Å². The zero-order valence-corrected chi connectivity index (χ0v) is 7.68. The van der Waals surface area contributed by atoms with Gasteiger partial charge in [0.25, 0.3) is 0 Å². The zero-order chi connectivity index (χ0) is 8.97. The average molecular weight is 170 g/mol. The molecule has 0 aliphatic carbocycles. The van der Waals surface area contributed by atoms with E-state index < -0.39 is 0 Å². The first-order chi connectivity index (χ1) is 5.75. The predicted octanol–water partition coefficient (Wildman–Crippen LogP) is 0.640. The molecule has 0 bridgehead atoms. The predicted molar refractivity (Wildman–Crippen MR) is 48.6 cm³/mol. The van der Waals surface area contributed by atoms with Crippen LogP contribution in [0.5, 0.6) is 0 Å². The van der Waals surface area contributed by atoms with Gasteiger partial charge in [-0.15, -0.1) is 0 Å². The normalized spacial score (nSPS) is 30.1. The molecule has 1 saturated heterocycles. The largest absolute Gasteiger partial charge is 0.369 e. The van der Waals surface area contributed by atoms with E-state index in [1.807, 2.05) is 0 Å². The maximum Gasteiger partial charge on any atom is 0.222 e. The van der Waals surface area contributed by atoms with Gasteiger partial charge in [0, 0.05) is 6.04 Å². The first-order valence-electron chi connectivity index (χ1n) is 4.78. The summed E-state index contributed by atoms with van der Waals surface area (Å²) < 4.78 is 0. The summed E-state index contributed by atoms with van der Waals surface area (Å²) in [4.78, 5) is 11.0. The summed E-state index contributed by atoms with van der Waals surface area (Å²) in [5, 5.41) is 3.35. The number of piperidine rings is 1. The third-order valence-electron chi connectivity index (χ3n) is 2.55. The van der Waals surface area contributed by atoms with Crippen molar-refractivity contribution in [2.75, 3.05) is 6.54 Å². The number of rotatable bonds is 3. The van der Waals surface area contributed by atoms with Crippen LogP contribution in [0.2, 0.25) is 0 Å². The van der Waals surface area contributed by atoms with Gasteiger partial charge in [-0.05, 0) is 25.8 Å². The molecule has 1 fully saturated rings. The standard InChI is InChI=1S/C9H18N2O/c1-2-4-8-7(9(10)12)5-3-6-11-8/h7-8,11H,2-6H2,1H3,(H2,10,12). The summed E-state index contributed by atoms with van der Waals surface area (Å²) in [5.41, 5.74) is 5.31. The zero-order valence-electron chi connectivity index (χ0n) is 7.68. The molecule has 1 amide bonds. The highest BCUT2D eigenvalue weighted by atomic mass is 16.1. The highest BCUT2D eigenvalue weighted by Crippen LogP contribution is 2.19. The van der Waals surface area contributed by atoms with Gasteiger partial charge < -0.3 is 11.1 Å². The Morgan fingerprint density at radius 3 is 3.00 bits per heavy atom. The molecule has 0 radical (unpaired) electrons. The van der Waals surface area contributed by atoms with Crippen molar-refractivity contribution in [3.05, 3.63) is 0 Å². The molecule has 3 heteroatoms. The molecule has 1 aliphatic rings. The Bertz CT molecular complexity index is 157. The van der Waals surface area contributed by atoms with Gasteiger partial charge in [0.1, 0.15) is 0 Å². The minimum absolute atomic E-state index is 0.0682. The Kier molecular flexibility index (Phi) is 3.53. The maximum absolute atomic E-state index is 11.0. The lowest BCUT2D eigenvalue weighted by Crippen LogP contribution is -2.46. The summed E-state index contributed by atoms with van der Waals surface area (Å²) >= 11 is 0. The van der Waals surface area contributed by atoms with Crippen molar-refractivity contribution in [3.63, 3.8) is 0 Å². The molecule has 70 valence electrons. The van der Waals surface area contributed by atoms with Crippen LogP contribution in [0.25, 0.3) is 0 Å². The van der Waals surface area contributed by atoms with E-state index in [1.54, 1.807) is 0 Å². The van der Waals surface area contributed by atoms with Gasteiger partial charge in [-0.1, -0.05) is 13.3 Å². The smallest absolute Gasteiger partial charge is 0.222 e. The van der Waals surface area contributed by atoms with E-state index in [9.17, 15) is 4.79 Å². The Morgan fingerprint density at radius 1 is 1.67 bits per heavy atom. The molecule has 0 spiro atoms. The summed E-state index contributed by atoms with van der Waals surface area (Å²) in [6.45, 7) is 3.17. The molecule has 0 aromatic heterocycles. The number of primary amides is 1. The van der Waals surface area contributed by atoms with Gasteiger partial charge in [0.05, 0.1) is 5.92 Å². The molecular formula is C9H18N2O. The number of nitrogens with one attached hydrogen (secondary N) is 1. The van der Waals surface area contributed by atoms with E-state index in [2.05, 4.69) is 12.2 Å². The molecule has 2 unspecified atom stereocenters. The average Bonchev–Trinajstić information content (AvgIpc) is 2.05. The van der Waals surface area contributed by atoms with Crippen LogP contribution in [0.1, 0.15) is 32.6 Å². The molecule has 0 saturated carbocycles. The van der Waals surface area contributed by atoms with Crippen LogP contribution in [0.4, 0.5) is 0 Å². The monoisotopic (exact) mass is 170 g/mol. The molecule has 0 aromatic rings. The van der Waals surface area contributed by atoms with E-state index in [0.29, 0.717) is 6.04 Å². The molecule has 3 N–H and O–H groups in total. The van der Waals surface area contributed by atoms with Crippen molar-refractivity contribution >= 4 is 5.91 Å². The number of hydrogen-bond acceptors (Lipinski definition) is 2. The summed E-state index contributed by atoms with van der Waals surface area (Å²) in [6.07, 6.45) is 4.22. The Labute approximate surface area is 73.7 Å². The summed E-state index contributed by atoms with van der Waals surface area (Å²) in [5.74, 6) is -0.0700. The van der Waals surface area contributed by atoms with Gasteiger partial charge in [-0.3, -0.25) is 4.79 Å². The molecule has 1 rings (SSSR count). The third kappa shape index (κ3) is 2.21. The van der Waals surface area contributed by atoms with Gasteiger partial charge in [0.15, 0.2) is 0 Å². The second-order valence-corrected chi connectivity index (χ2v) is 3.50. The van der Waals surface area contributed by atoms with E-state index in [1.165, 1.54) is 0 Å². The minimum Gasteiger partial charge on any atom is -0.369 e. The minimum atomic E-state index is -0.138. The molecular weight excluding hydrogens is 152 g/mol. The fourth-order valence-corrected chi connectivity index (χ4v) is 1.91. The van der Waals surface area contributed by atoms with Crippen LogP contribution in [-0.4, -0.2) is 18.5 Å². The van der Waals surface area contributed by atoms with Gasteiger partial charge in [-0.25, -0.2) is 0 Å². The Hall–Kier alpha value is -0.570. The molecule has 2 atom stereocenters. The number of hydrogen-bond donors (Lipinski definition) is 2. The molecule has 12 heavy (non-hydrogen) atoms. The van der Waals surface area contributed by atoms with Crippen LogP contribution in [0.3, 0.4) is 0 Å². The second-order valence-electron chi connectivity index (χ2n) is 3.50. The van der Waals surface area contributed by atoms with Crippen molar-refractivity contribution < 1.29 is 4.79 Å². The van der Waals surface area contributed by atoms with Crippen LogP contribution in [-0.2, 0) is 4.79 Å². The van der Waals surface area contributed by atoms with E-state index in [-0.39, 0.29) is 11.8 Å². The number of nitrogens with two attached hydrogens (primary N) is 1. The first kappa shape index (κ1) is 9.52. The first-order valence-corrected chi connectivity index (χ1v) is 4.78. The van der Waals surface area contributed by atoms with Crippen LogP contribution >= 0.6 is 0 Å². The van der Waals surface area contributed by atoms with Crippen LogP contribution in [0.15, 0.2) is 0 Å². The second kappa shape index (κ2) is 4.45. The molecule has 0 aromatic carbocycles. The topological polar surface area (TPSA) is 55.1 Å². The fourth-order valence-electron chi connectivity index (χ4n) is 1.91. The lowest BCUT2D eigenvalue weighted by molar-refractivity contribution is -0.123. The highest BCUT2D eigenvalue weighted by molar-refractivity contribution is 5.77. The Morgan fingerprint density at radius 2 is 2.42 bits per heavy atom. The van der Waals surface area contributed by atoms with Crippen molar-refractivity contribution in [2.24, 2.45) is 11.7 Å². The maximum atomic E-state index is 11.0. The SMILES string of the molecule is CCCC1NCCCC1C(N)=O. The summed E-state index contributed by atoms with van der Waals surface area (Å²) in [7, 11) is 0. The van der Waals surface area contributed by atoms with Crippen molar-refractivity contribution in [1.82, 2.24) is 5.32 Å². The number of carbonyl (C=O) groups is 1. The van der Waals surface area contributed by atoms with E-state index >= 15 is 0 Å². The highest BCUT2D eigenvalue weighted by Gasteiger charge is 2.27. The van der Waals surface area contributed by atoms with Gasteiger partial charge in [-0.2, -0.15) is 0 Å². The third-order valence-corrected chi connectivity index (χ3v) is 2.55.